The van der Waals surface area contributed by atoms with Gasteiger partial charge in [-0.1, -0.05) is 167 Å². The van der Waals surface area contributed by atoms with Gasteiger partial charge < -0.3 is 27.9 Å². The molecular weight excluding hydrogens is 750 g/mol. The molecule has 0 saturated carbocycles. The Bertz CT molecular complexity index is 1040. The quantitative estimate of drug-likeness (QED) is 0.0196. The molecule has 0 radical (unpaired) electrons. The number of phosphoric ester groups is 1. The highest BCUT2D eigenvalue weighted by atomic mass is 31.2. The number of allylic oxidation sites excluding steroid dienone is 4. The summed E-state index contributed by atoms with van der Waals surface area (Å²) in [6.45, 7) is 4.22. The number of quaternary nitrogens is 1. The summed E-state index contributed by atoms with van der Waals surface area (Å²) in [6.07, 6.45) is 44.9. The molecule has 2 atom stereocenters. The molecule has 0 spiro atoms. The van der Waals surface area contributed by atoms with Crippen molar-refractivity contribution in [2.45, 2.75) is 225 Å². The number of phosphoric acid groups is 1. The van der Waals surface area contributed by atoms with Crippen LogP contribution in [0.2, 0.25) is 0 Å². The van der Waals surface area contributed by atoms with E-state index in [1.807, 2.05) is 21.1 Å². The van der Waals surface area contributed by atoms with E-state index in [2.05, 4.69) is 38.2 Å². The van der Waals surface area contributed by atoms with Crippen LogP contribution in [0.15, 0.2) is 24.3 Å². The molecule has 0 N–H and O–H groups in total. The summed E-state index contributed by atoms with van der Waals surface area (Å²) in [5, 5.41) is 0. The van der Waals surface area contributed by atoms with Crippen LogP contribution in [0.25, 0.3) is 0 Å². The van der Waals surface area contributed by atoms with Crippen LogP contribution in [0.1, 0.15) is 219 Å². The van der Waals surface area contributed by atoms with Crippen molar-refractivity contribution >= 4 is 19.8 Å². The molecule has 0 aliphatic carbocycles. The molecule has 0 saturated heterocycles. The van der Waals surface area contributed by atoms with Gasteiger partial charge in [-0.3, -0.25) is 14.2 Å². The molecule has 58 heavy (non-hydrogen) atoms. The summed E-state index contributed by atoms with van der Waals surface area (Å²) in [5.41, 5.74) is 0. The Morgan fingerprint density at radius 3 is 1.29 bits per heavy atom. The molecule has 0 fully saturated rings. The van der Waals surface area contributed by atoms with Gasteiger partial charge in [0.05, 0.1) is 27.7 Å². The minimum Gasteiger partial charge on any atom is -0.756 e. The molecule has 0 rings (SSSR count). The summed E-state index contributed by atoms with van der Waals surface area (Å²) < 4.78 is 34.0. The summed E-state index contributed by atoms with van der Waals surface area (Å²) in [6, 6.07) is 0. The third kappa shape index (κ3) is 44.1. The minimum absolute atomic E-state index is 0.0324. The fourth-order valence-electron chi connectivity index (χ4n) is 6.64. The number of carbonyl (C=O) groups is 2. The number of rotatable bonds is 44. The maximum Gasteiger partial charge on any atom is 0.306 e. The topological polar surface area (TPSA) is 111 Å². The monoisotopic (exact) mass is 842 g/mol. The van der Waals surface area contributed by atoms with Crippen LogP contribution in [0.3, 0.4) is 0 Å². The second-order valence-electron chi connectivity index (χ2n) is 17.5. The molecule has 0 aliphatic rings. The molecule has 9 nitrogen and oxygen atoms in total. The highest BCUT2D eigenvalue weighted by Gasteiger charge is 2.21. The SMILES string of the molecule is CCCCCCCC/C=C/CCCCCCCCCCCC(=O)OC[C@H](COP(=O)([O-])OCC[N+](C)(C)C)OC(=O)CCCCC/C=C/CCCCCCCCCC. The summed E-state index contributed by atoms with van der Waals surface area (Å²) in [4.78, 5) is 37.6. The van der Waals surface area contributed by atoms with E-state index in [4.69, 9.17) is 18.5 Å². The molecule has 342 valence electrons. The van der Waals surface area contributed by atoms with Gasteiger partial charge in [0.25, 0.3) is 7.82 Å². The highest BCUT2D eigenvalue weighted by Crippen LogP contribution is 2.38. The highest BCUT2D eigenvalue weighted by molar-refractivity contribution is 7.45. The molecule has 10 heteroatoms. The number of carbonyl (C=O) groups excluding carboxylic acids is 2. The number of hydrogen-bond donors (Lipinski definition) is 0. The van der Waals surface area contributed by atoms with E-state index in [-0.39, 0.29) is 32.0 Å². The van der Waals surface area contributed by atoms with E-state index in [0.29, 0.717) is 17.4 Å². The lowest BCUT2D eigenvalue weighted by Gasteiger charge is -2.28. The van der Waals surface area contributed by atoms with Gasteiger partial charge in [0.1, 0.15) is 19.8 Å². The Morgan fingerprint density at radius 2 is 0.879 bits per heavy atom. The molecule has 0 aliphatic heterocycles. The molecule has 0 aromatic carbocycles. The Labute approximate surface area is 358 Å². The number of ether oxygens (including phenoxy) is 2. The van der Waals surface area contributed by atoms with Crippen molar-refractivity contribution in [1.29, 1.82) is 0 Å². The van der Waals surface area contributed by atoms with Crippen LogP contribution >= 0.6 is 7.82 Å². The molecule has 1 unspecified atom stereocenters. The molecule has 0 aromatic heterocycles. The van der Waals surface area contributed by atoms with Crippen molar-refractivity contribution in [2.24, 2.45) is 0 Å². The van der Waals surface area contributed by atoms with Crippen LogP contribution in [-0.2, 0) is 32.7 Å². The Morgan fingerprint density at radius 1 is 0.517 bits per heavy atom. The number of unbranched alkanes of at least 4 members (excludes halogenated alkanes) is 26. The van der Waals surface area contributed by atoms with Gasteiger partial charge in [0.15, 0.2) is 6.10 Å². The minimum atomic E-state index is -4.63. The second-order valence-corrected chi connectivity index (χ2v) is 18.9. The van der Waals surface area contributed by atoms with Gasteiger partial charge in [-0.05, 0) is 64.2 Å². The van der Waals surface area contributed by atoms with E-state index in [1.54, 1.807) is 0 Å². The third-order valence-electron chi connectivity index (χ3n) is 10.4. The van der Waals surface area contributed by atoms with Gasteiger partial charge in [0.2, 0.25) is 0 Å². The lowest BCUT2D eigenvalue weighted by atomic mass is 10.1. The zero-order chi connectivity index (χ0) is 42.8. The molecular formula is C48H92NO8P. The fourth-order valence-corrected chi connectivity index (χ4v) is 7.37. The van der Waals surface area contributed by atoms with Crippen molar-refractivity contribution in [3.05, 3.63) is 24.3 Å². The van der Waals surface area contributed by atoms with Crippen molar-refractivity contribution in [1.82, 2.24) is 0 Å². The zero-order valence-corrected chi connectivity index (χ0v) is 39.4. The van der Waals surface area contributed by atoms with Crippen LogP contribution in [0, 0.1) is 0 Å². The summed E-state index contributed by atoms with van der Waals surface area (Å²) in [7, 11) is 1.16. The maximum absolute atomic E-state index is 12.7. The van der Waals surface area contributed by atoms with E-state index < -0.39 is 26.5 Å². The Kier molecular flexibility index (Phi) is 39.8. The standard InChI is InChI=1S/C48H92NO8P/c1-6-8-10-12-14-16-18-20-22-23-24-25-27-28-30-32-34-36-38-40-47(50)54-44-46(45-56-58(52,53)55-43-42-49(3,4)5)57-48(51)41-39-37-35-33-31-29-26-21-19-17-15-13-11-9-7-2/h20,22,29,31,46H,6-19,21,23-28,30,32-45H2,1-5H3/b22-20+,31-29+/t46-/m1/s1. The fraction of sp³-hybridized carbons (Fsp3) is 0.875. The lowest BCUT2D eigenvalue weighted by molar-refractivity contribution is -0.870. The van der Waals surface area contributed by atoms with E-state index in [9.17, 15) is 19.0 Å². The van der Waals surface area contributed by atoms with Crippen LogP contribution < -0.4 is 4.89 Å². The van der Waals surface area contributed by atoms with Crippen molar-refractivity contribution in [2.75, 3.05) is 47.5 Å². The van der Waals surface area contributed by atoms with Crippen molar-refractivity contribution in [3.8, 4) is 0 Å². The number of hydrogen-bond acceptors (Lipinski definition) is 8. The molecule has 0 aromatic rings. The van der Waals surface area contributed by atoms with Crippen LogP contribution in [-0.4, -0.2) is 70.0 Å². The number of likely N-dealkylation sites (N-methyl/N-ethyl adjacent to an activating group) is 1. The largest absolute Gasteiger partial charge is 0.756 e. The average molecular weight is 842 g/mol. The van der Waals surface area contributed by atoms with Gasteiger partial charge in [-0.15, -0.1) is 0 Å². The first kappa shape index (κ1) is 56.5. The first-order valence-corrected chi connectivity index (χ1v) is 25.5. The smallest absolute Gasteiger partial charge is 0.306 e. The normalized spacial score (nSPS) is 13.7. The van der Waals surface area contributed by atoms with Gasteiger partial charge in [-0.25, -0.2) is 0 Å². The first-order valence-electron chi connectivity index (χ1n) is 24.0. The van der Waals surface area contributed by atoms with Crippen molar-refractivity contribution < 1.29 is 42.1 Å². The first-order chi connectivity index (χ1) is 28.0. The van der Waals surface area contributed by atoms with Gasteiger partial charge in [0, 0.05) is 12.8 Å². The molecule has 0 heterocycles. The van der Waals surface area contributed by atoms with E-state index in [1.165, 1.54) is 141 Å². The Hall–Kier alpha value is -1.51. The molecule has 0 bridgehead atoms. The maximum atomic E-state index is 12.7. The van der Waals surface area contributed by atoms with Gasteiger partial charge >= 0.3 is 11.9 Å². The zero-order valence-electron chi connectivity index (χ0n) is 38.5. The Balaban J connectivity index is 4.29. The predicted octanol–water partition coefficient (Wildman–Crippen LogP) is 13.3. The van der Waals surface area contributed by atoms with E-state index >= 15 is 0 Å². The summed E-state index contributed by atoms with van der Waals surface area (Å²) >= 11 is 0. The number of esters is 2. The van der Waals surface area contributed by atoms with Crippen LogP contribution in [0.4, 0.5) is 0 Å². The van der Waals surface area contributed by atoms with E-state index in [0.717, 1.165) is 44.9 Å². The molecule has 0 amide bonds. The lowest BCUT2D eigenvalue weighted by Crippen LogP contribution is -2.37. The van der Waals surface area contributed by atoms with Crippen LogP contribution in [0.5, 0.6) is 0 Å². The second kappa shape index (κ2) is 40.9. The summed E-state index contributed by atoms with van der Waals surface area (Å²) in [5.74, 6) is -0.848. The average Bonchev–Trinajstić information content (AvgIpc) is 3.17. The number of nitrogens with zero attached hydrogens (tertiary/aromatic N) is 1. The van der Waals surface area contributed by atoms with Gasteiger partial charge in [-0.2, -0.15) is 0 Å². The van der Waals surface area contributed by atoms with Crippen molar-refractivity contribution in [3.63, 3.8) is 0 Å². The third-order valence-corrected chi connectivity index (χ3v) is 11.4. The predicted molar refractivity (Wildman–Crippen MR) is 241 cm³/mol.